The first-order valence-electron chi connectivity index (χ1n) is 10.8. The van der Waals surface area contributed by atoms with E-state index in [2.05, 4.69) is 40.4 Å². The minimum atomic E-state index is -0.0238. The summed E-state index contributed by atoms with van der Waals surface area (Å²) in [5, 5.41) is 5.84. The van der Waals surface area contributed by atoms with Crippen LogP contribution in [0.1, 0.15) is 29.0 Å². The molecule has 1 aliphatic heterocycles. The highest BCUT2D eigenvalue weighted by Gasteiger charge is 2.59. The number of amides is 2. The van der Waals surface area contributed by atoms with E-state index in [0.29, 0.717) is 30.3 Å². The van der Waals surface area contributed by atoms with Crippen molar-refractivity contribution in [2.24, 2.45) is 11.8 Å². The average molecular weight is 444 g/mol. The molecule has 2 aromatic carbocycles. The first kappa shape index (κ1) is 19.4. The summed E-state index contributed by atoms with van der Waals surface area (Å²) in [7, 11) is 0. The molecular formula is C25H21N3O3S. The average Bonchev–Trinajstić information content (AvgIpc) is 3.38. The van der Waals surface area contributed by atoms with Gasteiger partial charge in [-0.2, -0.15) is 0 Å². The quantitative estimate of drug-likeness (QED) is 0.516. The molecule has 1 aromatic heterocycles. The van der Waals surface area contributed by atoms with E-state index < -0.39 is 0 Å². The summed E-state index contributed by atoms with van der Waals surface area (Å²) in [5.74, 6) is 2.60. The highest BCUT2D eigenvalue weighted by atomic mass is 32.1. The Morgan fingerprint density at radius 1 is 1.16 bits per heavy atom. The second-order valence-electron chi connectivity index (χ2n) is 8.57. The predicted octanol–water partition coefficient (Wildman–Crippen LogP) is 4.57. The Balaban J connectivity index is 1.21. The molecule has 0 bridgehead atoms. The van der Waals surface area contributed by atoms with Gasteiger partial charge in [-0.3, -0.25) is 9.59 Å². The molecule has 3 aromatic rings. The van der Waals surface area contributed by atoms with Crippen molar-refractivity contribution in [1.29, 1.82) is 0 Å². The number of para-hydroxylation sites is 1. The Morgan fingerprint density at radius 3 is 2.91 bits per heavy atom. The summed E-state index contributed by atoms with van der Waals surface area (Å²) in [5.41, 5.74) is 4.15. The highest BCUT2D eigenvalue weighted by molar-refractivity contribution is 7.80. The van der Waals surface area contributed by atoms with Crippen molar-refractivity contribution in [2.75, 3.05) is 10.6 Å². The summed E-state index contributed by atoms with van der Waals surface area (Å²) in [4.78, 5) is 29.6. The summed E-state index contributed by atoms with van der Waals surface area (Å²) in [6.07, 6.45) is 3.59. The summed E-state index contributed by atoms with van der Waals surface area (Å²) >= 11 is 4.43. The van der Waals surface area contributed by atoms with Gasteiger partial charge < -0.3 is 15.4 Å². The molecule has 2 unspecified atom stereocenters. The third-order valence-electron chi connectivity index (χ3n) is 6.67. The number of fused-ring (bicyclic) bond motifs is 4. The molecule has 2 aliphatic carbocycles. The first-order valence-corrected chi connectivity index (χ1v) is 11.2. The van der Waals surface area contributed by atoms with E-state index in [0.717, 1.165) is 28.3 Å². The minimum Gasteiger partial charge on any atom is -0.457 e. The zero-order valence-electron chi connectivity index (χ0n) is 17.2. The van der Waals surface area contributed by atoms with Crippen LogP contribution < -0.4 is 15.4 Å². The largest absolute Gasteiger partial charge is 0.457 e. The molecule has 0 radical (unpaired) electrons. The van der Waals surface area contributed by atoms with Gasteiger partial charge in [0.1, 0.15) is 17.3 Å². The number of hydrogen-bond acceptors (Lipinski definition) is 5. The molecule has 32 heavy (non-hydrogen) atoms. The van der Waals surface area contributed by atoms with Crippen LogP contribution in [0.4, 0.5) is 11.5 Å². The maximum atomic E-state index is 12.9. The summed E-state index contributed by atoms with van der Waals surface area (Å²) in [6, 6.07) is 15.5. The van der Waals surface area contributed by atoms with Gasteiger partial charge in [-0.1, -0.05) is 18.2 Å². The summed E-state index contributed by atoms with van der Waals surface area (Å²) in [6.45, 7) is 0. The van der Waals surface area contributed by atoms with Crippen molar-refractivity contribution in [3.05, 3.63) is 71.4 Å². The molecule has 6 rings (SSSR count). The van der Waals surface area contributed by atoms with Crippen LogP contribution in [0.5, 0.6) is 11.5 Å². The third-order valence-corrected chi connectivity index (χ3v) is 7.06. The van der Waals surface area contributed by atoms with Crippen LogP contribution in [0, 0.1) is 11.8 Å². The fourth-order valence-electron chi connectivity index (χ4n) is 5.07. The van der Waals surface area contributed by atoms with E-state index >= 15 is 0 Å². The van der Waals surface area contributed by atoms with Gasteiger partial charge in [-0.15, -0.1) is 12.6 Å². The number of nitrogens with zero attached hydrogens (tertiary/aromatic N) is 1. The molecule has 1 saturated carbocycles. The van der Waals surface area contributed by atoms with Gasteiger partial charge in [0.15, 0.2) is 0 Å². The van der Waals surface area contributed by atoms with Crippen LogP contribution in [0.15, 0.2) is 59.6 Å². The van der Waals surface area contributed by atoms with Crippen LogP contribution >= 0.6 is 12.6 Å². The lowest BCUT2D eigenvalue weighted by molar-refractivity contribution is -0.118. The Bertz CT molecular complexity index is 1280. The van der Waals surface area contributed by atoms with Gasteiger partial charge in [0.2, 0.25) is 11.8 Å². The van der Waals surface area contributed by atoms with Crippen molar-refractivity contribution in [3.63, 3.8) is 0 Å². The number of nitrogens with one attached hydrogen (secondary N) is 2. The van der Waals surface area contributed by atoms with Gasteiger partial charge in [0, 0.05) is 34.9 Å². The zero-order chi connectivity index (χ0) is 21.8. The Labute approximate surface area is 190 Å². The fraction of sp³-hybridized carbons (Fsp3) is 0.240. The fourth-order valence-corrected chi connectivity index (χ4v) is 5.29. The number of carbonyl (C=O) groups is 2. The lowest BCUT2D eigenvalue weighted by Gasteiger charge is -2.19. The Morgan fingerprint density at radius 2 is 2.03 bits per heavy atom. The van der Waals surface area contributed by atoms with Crippen molar-refractivity contribution < 1.29 is 14.3 Å². The van der Waals surface area contributed by atoms with Crippen LogP contribution in [-0.4, -0.2) is 16.8 Å². The van der Waals surface area contributed by atoms with Gasteiger partial charge in [0.05, 0.1) is 5.69 Å². The molecular weight excluding hydrogens is 422 g/mol. The van der Waals surface area contributed by atoms with E-state index in [9.17, 15) is 9.59 Å². The van der Waals surface area contributed by atoms with Crippen LogP contribution in [0.25, 0.3) is 0 Å². The van der Waals surface area contributed by atoms with Crippen LogP contribution in [-0.2, 0) is 22.4 Å². The molecule has 160 valence electrons. The maximum Gasteiger partial charge on any atom is 0.228 e. The van der Waals surface area contributed by atoms with E-state index in [1.807, 2.05) is 36.4 Å². The molecule has 7 heteroatoms. The summed E-state index contributed by atoms with van der Waals surface area (Å²) < 4.78 is 6.21. The molecule has 3 atom stereocenters. The van der Waals surface area contributed by atoms with Crippen molar-refractivity contribution in [2.45, 2.75) is 30.1 Å². The zero-order valence-corrected chi connectivity index (χ0v) is 18.1. The van der Waals surface area contributed by atoms with Crippen molar-refractivity contribution in [3.8, 4) is 11.5 Å². The van der Waals surface area contributed by atoms with Gasteiger partial charge in [0.25, 0.3) is 0 Å². The topological polar surface area (TPSA) is 80.3 Å². The number of rotatable bonds is 4. The maximum absolute atomic E-state index is 12.9. The Hall–Kier alpha value is -3.32. The predicted molar refractivity (Wildman–Crippen MR) is 123 cm³/mol. The van der Waals surface area contributed by atoms with E-state index in [-0.39, 0.29) is 23.7 Å². The molecule has 6 nitrogen and oxygen atoms in total. The molecule has 2 N–H and O–H groups in total. The third kappa shape index (κ3) is 3.24. The van der Waals surface area contributed by atoms with Crippen molar-refractivity contribution >= 4 is 35.9 Å². The van der Waals surface area contributed by atoms with Crippen LogP contribution in [0.2, 0.25) is 0 Å². The minimum absolute atomic E-state index is 0.0189. The second kappa shape index (κ2) is 7.38. The first-order chi connectivity index (χ1) is 15.6. The molecule has 3 aliphatic rings. The number of pyridine rings is 1. The van der Waals surface area contributed by atoms with Gasteiger partial charge >= 0.3 is 0 Å². The number of aromatic nitrogens is 1. The van der Waals surface area contributed by atoms with Gasteiger partial charge in [-0.05, 0) is 60.2 Å². The normalized spacial score (nSPS) is 22.3. The number of carbonyl (C=O) groups excluding carboxylic acids is 2. The van der Waals surface area contributed by atoms with E-state index in [1.165, 1.54) is 11.1 Å². The number of anilines is 2. The molecule has 2 amide bonds. The SMILES string of the molecule is O=C1CCc2c(Oc3ccc4c(c3)C3C(C(=O)Nc5ccccc5S)[C@@H]3C4)ccnc2N1. The van der Waals surface area contributed by atoms with Crippen molar-refractivity contribution in [1.82, 2.24) is 4.98 Å². The molecule has 0 spiro atoms. The Kier molecular flexibility index (Phi) is 4.47. The van der Waals surface area contributed by atoms with Gasteiger partial charge in [-0.25, -0.2) is 4.98 Å². The molecule has 1 fully saturated rings. The molecule has 2 heterocycles. The monoisotopic (exact) mass is 443 g/mol. The number of thiol groups is 1. The van der Waals surface area contributed by atoms with E-state index in [4.69, 9.17) is 4.74 Å². The van der Waals surface area contributed by atoms with Crippen LogP contribution in [0.3, 0.4) is 0 Å². The molecule has 0 saturated heterocycles. The lowest BCUT2D eigenvalue weighted by atomic mass is 10.0. The lowest BCUT2D eigenvalue weighted by Crippen LogP contribution is -2.20. The second-order valence-corrected chi connectivity index (χ2v) is 9.05. The number of benzene rings is 2. The number of hydrogen-bond donors (Lipinski definition) is 3. The number of ether oxygens (including phenoxy) is 1. The highest BCUT2D eigenvalue weighted by Crippen LogP contribution is 2.62. The standard InChI is InChI=1S/C25H21N3O3S/c29-21-8-7-15-19(9-10-26-24(15)28-21)31-14-6-5-13-11-17-22(16(13)12-14)23(17)25(30)27-18-3-1-2-4-20(18)32/h1-6,9-10,12,17,22-23,32H,7-8,11H2,(H,27,30)(H,26,28,29)/t17-,22?,23?/m1/s1. The van der Waals surface area contributed by atoms with E-state index in [1.54, 1.807) is 6.20 Å². The smallest absolute Gasteiger partial charge is 0.228 e.